The lowest BCUT2D eigenvalue weighted by atomic mass is 9.93. The first-order chi connectivity index (χ1) is 11.8. The molecule has 0 saturated heterocycles. The smallest absolute Gasteiger partial charge is 0.171 e. The molecule has 0 amide bonds. The summed E-state index contributed by atoms with van der Waals surface area (Å²) in [7, 11) is 1.72. The van der Waals surface area contributed by atoms with E-state index in [0.717, 1.165) is 11.4 Å². The molecular weight excluding hydrogens is 352 g/mol. The van der Waals surface area contributed by atoms with Crippen molar-refractivity contribution >= 4 is 34.6 Å². The zero-order valence-corrected chi connectivity index (χ0v) is 16.9. The van der Waals surface area contributed by atoms with Crippen molar-refractivity contribution < 1.29 is 4.74 Å². The molecule has 0 fully saturated rings. The van der Waals surface area contributed by atoms with Crippen molar-refractivity contribution in [3.05, 3.63) is 58.1 Å². The first kappa shape index (κ1) is 19.5. The van der Waals surface area contributed by atoms with Crippen molar-refractivity contribution in [3.8, 4) is 5.75 Å². The Morgan fingerprint density at radius 3 is 2.28 bits per heavy atom. The van der Waals surface area contributed by atoms with Gasteiger partial charge in [-0.05, 0) is 85.1 Å². The number of rotatable bonds is 5. The van der Waals surface area contributed by atoms with Crippen LogP contribution in [0.5, 0.6) is 5.75 Å². The third-order valence-corrected chi connectivity index (χ3v) is 4.63. The van der Waals surface area contributed by atoms with Crippen molar-refractivity contribution in [2.75, 3.05) is 12.4 Å². The lowest BCUT2D eigenvalue weighted by Crippen LogP contribution is -2.31. The predicted molar refractivity (Wildman–Crippen MR) is 111 cm³/mol. The molecule has 0 aliphatic carbocycles. The summed E-state index contributed by atoms with van der Waals surface area (Å²) in [5.74, 6) is 1.32. The van der Waals surface area contributed by atoms with Crippen molar-refractivity contribution in [1.82, 2.24) is 5.32 Å². The number of hydrogen-bond donors (Lipinski definition) is 2. The summed E-state index contributed by atoms with van der Waals surface area (Å²) in [5.41, 5.74) is 4.50. The van der Waals surface area contributed by atoms with Crippen molar-refractivity contribution in [2.24, 2.45) is 0 Å². The van der Waals surface area contributed by atoms with Crippen molar-refractivity contribution in [1.29, 1.82) is 0 Å². The van der Waals surface area contributed by atoms with Gasteiger partial charge in [0.2, 0.25) is 0 Å². The van der Waals surface area contributed by atoms with Crippen molar-refractivity contribution in [2.45, 2.75) is 39.7 Å². The molecule has 0 bridgehead atoms. The van der Waals surface area contributed by atoms with Crippen LogP contribution in [0.1, 0.15) is 49.4 Å². The Morgan fingerprint density at radius 2 is 1.72 bits per heavy atom. The van der Waals surface area contributed by atoms with E-state index in [0.29, 0.717) is 16.1 Å². The summed E-state index contributed by atoms with van der Waals surface area (Å²) in [6.07, 6.45) is 0. The molecule has 2 aromatic rings. The molecule has 0 heterocycles. The number of methoxy groups -OCH3 is 1. The van der Waals surface area contributed by atoms with E-state index < -0.39 is 0 Å². The van der Waals surface area contributed by atoms with E-state index in [4.69, 9.17) is 28.6 Å². The molecule has 2 N–H and O–H groups in total. The summed E-state index contributed by atoms with van der Waals surface area (Å²) in [5, 5.41) is 7.82. The molecule has 0 aromatic heterocycles. The molecule has 0 saturated carbocycles. The van der Waals surface area contributed by atoms with Crippen LogP contribution in [0.25, 0.3) is 0 Å². The maximum absolute atomic E-state index is 5.91. The zero-order valence-electron chi connectivity index (χ0n) is 15.3. The number of hydrogen-bond acceptors (Lipinski definition) is 2. The van der Waals surface area contributed by atoms with E-state index in [1.807, 2.05) is 24.3 Å². The quantitative estimate of drug-likeness (QED) is 0.643. The van der Waals surface area contributed by atoms with Gasteiger partial charge in [-0.1, -0.05) is 25.4 Å². The largest absolute Gasteiger partial charge is 0.496 e. The van der Waals surface area contributed by atoms with Gasteiger partial charge < -0.3 is 15.4 Å². The number of thiocarbonyl (C=S) groups is 1. The van der Waals surface area contributed by atoms with E-state index in [1.165, 1.54) is 16.7 Å². The van der Waals surface area contributed by atoms with E-state index in [2.05, 4.69) is 50.5 Å². The van der Waals surface area contributed by atoms with Gasteiger partial charge >= 0.3 is 0 Å². The Bertz CT molecular complexity index is 744. The molecule has 1 unspecified atom stereocenters. The van der Waals surface area contributed by atoms with Crippen LogP contribution in [-0.4, -0.2) is 12.2 Å². The average molecular weight is 377 g/mol. The first-order valence-corrected chi connectivity index (χ1v) is 9.12. The van der Waals surface area contributed by atoms with Crippen LogP contribution in [0, 0.1) is 6.92 Å². The molecule has 134 valence electrons. The Morgan fingerprint density at radius 1 is 1.08 bits per heavy atom. The Labute approximate surface area is 160 Å². The van der Waals surface area contributed by atoms with Gasteiger partial charge in [-0.25, -0.2) is 0 Å². The Balaban J connectivity index is 2.14. The summed E-state index contributed by atoms with van der Waals surface area (Å²) in [6.45, 7) is 8.54. The second kappa shape index (κ2) is 8.54. The van der Waals surface area contributed by atoms with Crippen molar-refractivity contribution in [3.63, 3.8) is 0 Å². The van der Waals surface area contributed by atoms with E-state index in [1.54, 1.807) is 7.11 Å². The normalized spacial score (nSPS) is 12.0. The number of nitrogens with one attached hydrogen (secondary N) is 2. The van der Waals surface area contributed by atoms with Crippen LogP contribution in [0.3, 0.4) is 0 Å². The minimum absolute atomic E-state index is 0.0794. The fourth-order valence-corrected chi connectivity index (χ4v) is 3.21. The summed E-state index contributed by atoms with van der Waals surface area (Å²) in [4.78, 5) is 0. The summed E-state index contributed by atoms with van der Waals surface area (Å²) in [6, 6.07) is 11.8. The third-order valence-electron chi connectivity index (χ3n) is 4.16. The highest BCUT2D eigenvalue weighted by Gasteiger charge is 2.16. The van der Waals surface area contributed by atoms with Crippen LogP contribution in [-0.2, 0) is 0 Å². The van der Waals surface area contributed by atoms with Crippen LogP contribution < -0.4 is 15.4 Å². The Hall–Kier alpha value is -1.78. The molecule has 25 heavy (non-hydrogen) atoms. The molecule has 1 atom stereocenters. The van der Waals surface area contributed by atoms with Gasteiger partial charge in [0.1, 0.15) is 5.75 Å². The van der Waals surface area contributed by atoms with Gasteiger partial charge in [0.15, 0.2) is 5.11 Å². The molecule has 0 aliphatic rings. The van der Waals surface area contributed by atoms with E-state index in [9.17, 15) is 0 Å². The van der Waals surface area contributed by atoms with E-state index in [-0.39, 0.29) is 6.04 Å². The van der Waals surface area contributed by atoms with Gasteiger partial charge in [0, 0.05) is 10.7 Å². The first-order valence-electron chi connectivity index (χ1n) is 8.33. The molecular formula is C20H25ClN2OS. The maximum atomic E-state index is 5.91. The average Bonchev–Trinajstić information content (AvgIpc) is 2.56. The molecule has 5 heteroatoms. The molecule has 0 spiro atoms. The fraction of sp³-hybridized carbons (Fsp3) is 0.350. The highest BCUT2D eigenvalue weighted by atomic mass is 35.5. The number of anilines is 1. The zero-order chi connectivity index (χ0) is 18.6. The fourth-order valence-electron chi connectivity index (χ4n) is 2.79. The monoisotopic (exact) mass is 376 g/mol. The third kappa shape index (κ3) is 5.10. The second-order valence-electron chi connectivity index (χ2n) is 6.43. The molecule has 0 aliphatic heterocycles. The number of halogens is 1. The van der Waals surface area contributed by atoms with Crippen LogP contribution >= 0.6 is 23.8 Å². The van der Waals surface area contributed by atoms with Gasteiger partial charge in [-0.3, -0.25) is 0 Å². The van der Waals surface area contributed by atoms with Gasteiger partial charge in [0.25, 0.3) is 0 Å². The molecule has 3 nitrogen and oxygen atoms in total. The van der Waals surface area contributed by atoms with Crippen LogP contribution in [0.4, 0.5) is 5.69 Å². The van der Waals surface area contributed by atoms with Gasteiger partial charge in [-0.15, -0.1) is 0 Å². The van der Waals surface area contributed by atoms with E-state index >= 15 is 0 Å². The topological polar surface area (TPSA) is 33.3 Å². The number of ether oxygens (including phenoxy) is 1. The lowest BCUT2D eigenvalue weighted by molar-refractivity contribution is 0.406. The number of aryl methyl sites for hydroxylation is 1. The minimum atomic E-state index is 0.0794. The maximum Gasteiger partial charge on any atom is 0.171 e. The SMILES string of the molecule is COc1cc(C)c(C(C)NC(=S)Nc2ccc(Cl)cc2)cc1C(C)C. The van der Waals surface area contributed by atoms with Crippen LogP contribution in [0.15, 0.2) is 36.4 Å². The lowest BCUT2D eigenvalue weighted by Gasteiger charge is -2.22. The summed E-state index contributed by atoms with van der Waals surface area (Å²) >= 11 is 11.4. The predicted octanol–water partition coefficient (Wildman–Crippen LogP) is 5.83. The minimum Gasteiger partial charge on any atom is -0.496 e. The van der Waals surface area contributed by atoms with Gasteiger partial charge in [-0.2, -0.15) is 0 Å². The highest BCUT2D eigenvalue weighted by Crippen LogP contribution is 2.32. The highest BCUT2D eigenvalue weighted by molar-refractivity contribution is 7.80. The standard InChI is InChI=1S/C20H25ClN2OS/c1-12(2)17-11-18(13(3)10-19(17)24-5)14(4)22-20(25)23-16-8-6-15(21)7-9-16/h6-12,14H,1-5H3,(H2,22,23,25). The van der Waals surface area contributed by atoms with Gasteiger partial charge in [0.05, 0.1) is 13.2 Å². The second-order valence-corrected chi connectivity index (χ2v) is 7.28. The van der Waals surface area contributed by atoms with Crippen LogP contribution in [0.2, 0.25) is 5.02 Å². The Kier molecular flexibility index (Phi) is 6.68. The molecule has 2 rings (SSSR count). The molecule has 2 aromatic carbocycles. The summed E-state index contributed by atoms with van der Waals surface area (Å²) < 4.78 is 5.52. The molecule has 0 radical (unpaired) electrons. The number of benzene rings is 2.